The molecule has 0 aliphatic carbocycles. The molecule has 0 saturated carbocycles. The maximum absolute atomic E-state index is 12.5. The number of aliphatic hydroxyl groups is 1. The minimum absolute atomic E-state index is 0.144. The molecule has 5 rings (SSSR count). The Morgan fingerprint density at radius 3 is 2.50 bits per heavy atom. The van der Waals surface area contributed by atoms with Crippen LogP contribution < -0.4 is 15.1 Å². The van der Waals surface area contributed by atoms with Crippen molar-refractivity contribution in [2.24, 2.45) is 0 Å². The lowest BCUT2D eigenvalue weighted by molar-refractivity contribution is 0.198. The number of terminal acetylenes is 1. The lowest BCUT2D eigenvalue weighted by Gasteiger charge is -2.36. The van der Waals surface area contributed by atoms with Gasteiger partial charge in [-0.1, -0.05) is 24.3 Å². The van der Waals surface area contributed by atoms with Gasteiger partial charge in [-0.2, -0.15) is 0 Å². The van der Waals surface area contributed by atoms with Crippen LogP contribution in [0.3, 0.4) is 0 Å². The molecule has 0 unspecified atom stereocenters. The van der Waals surface area contributed by atoms with Gasteiger partial charge in [-0.3, -0.25) is 5.32 Å². The van der Waals surface area contributed by atoms with Gasteiger partial charge >= 0.3 is 6.03 Å². The summed E-state index contributed by atoms with van der Waals surface area (Å²) in [6.45, 7) is 4.41. The summed E-state index contributed by atoms with van der Waals surface area (Å²) in [5, 5.41) is 15.0. The number of rotatable bonds is 4. The molecule has 2 amide bonds. The quantitative estimate of drug-likeness (QED) is 0.565. The Labute approximate surface area is 203 Å². The minimum atomic E-state index is -0.233. The summed E-state index contributed by atoms with van der Waals surface area (Å²) in [7, 11) is 0. The monoisotopic (exact) mass is 473 g/mol. The first-order valence-corrected chi connectivity index (χ1v) is 12.3. The molecular formula is C26H27N5O2S. The smallest absolute Gasteiger partial charge is 0.323 e. The Bertz CT molecular complexity index is 1190. The molecule has 1 aromatic heterocycles. The normalized spacial score (nSPS) is 18.1. The van der Waals surface area contributed by atoms with Gasteiger partial charge in [0.1, 0.15) is 5.82 Å². The summed E-state index contributed by atoms with van der Waals surface area (Å²) in [6, 6.07) is 16.9. The molecule has 2 fully saturated rings. The topological polar surface area (TPSA) is 71.9 Å². The van der Waals surface area contributed by atoms with Gasteiger partial charge in [0, 0.05) is 56.0 Å². The van der Waals surface area contributed by atoms with Crippen LogP contribution in [0.1, 0.15) is 11.4 Å². The number of aliphatic hydroxyl groups excluding tert-OH is 1. The fourth-order valence-corrected chi connectivity index (χ4v) is 5.03. The maximum atomic E-state index is 12.5. The fraction of sp³-hybridized carbons (Fsp3) is 0.308. The molecule has 2 N–H and O–H groups in total. The molecule has 7 nitrogen and oxygen atoms in total. The molecule has 2 aliphatic rings. The van der Waals surface area contributed by atoms with Gasteiger partial charge in [0.15, 0.2) is 5.01 Å². The number of β-amino-alcohol motifs (C(OH)–C–C–N with tert-alkyl or cyclic N) is 1. The van der Waals surface area contributed by atoms with Gasteiger partial charge in [0.25, 0.3) is 0 Å². The van der Waals surface area contributed by atoms with E-state index in [9.17, 15) is 9.90 Å². The zero-order valence-corrected chi connectivity index (χ0v) is 19.7. The Hall–Kier alpha value is -3.54. The van der Waals surface area contributed by atoms with Gasteiger partial charge in [-0.05, 0) is 47.7 Å². The molecule has 34 heavy (non-hydrogen) atoms. The summed E-state index contributed by atoms with van der Waals surface area (Å²) in [6.07, 6.45) is 5.94. The number of nitrogens with zero attached hydrogens (tertiary/aromatic N) is 4. The molecule has 3 aromatic rings. The molecule has 0 radical (unpaired) electrons. The highest BCUT2D eigenvalue weighted by Gasteiger charge is 2.23. The van der Waals surface area contributed by atoms with Crippen LogP contribution in [0.4, 0.5) is 22.0 Å². The number of urea groups is 1. The maximum Gasteiger partial charge on any atom is 0.323 e. The van der Waals surface area contributed by atoms with E-state index in [-0.39, 0.29) is 12.1 Å². The molecule has 2 aliphatic heterocycles. The number of thiazole rings is 1. The molecule has 2 saturated heterocycles. The number of carbonyl (C=O) groups is 1. The van der Waals surface area contributed by atoms with Gasteiger partial charge < -0.3 is 19.8 Å². The number of hydrogen-bond donors (Lipinski definition) is 2. The highest BCUT2D eigenvalue weighted by atomic mass is 32.1. The van der Waals surface area contributed by atoms with Gasteiger partial charge in [0.2, 0.25) is 0 Å². The van der Waals surface area contributed by atoms with E-state index < -0.39 is 0 Å². The van der Waals surface area contributed by atoms with E-state index in [1.165, 1.54) is 16.9 Å². The van der Waals surface area contributed by atoms with Gasteiger partial charge in [-0.25, -0.2) is 9.78 Å². The number of piperazine rings is 1. The number of amides is 2. The highest BCUT2D eigenvalue weighted by Crippen LogP contribution is 2.29. The largest absolute Gasteiger partial charge is 0.391 e. The zero-order chi connectivity index (χ0) is 23.5. The Morgan fingerprint density at radius 2 is 1.82 bits per heavy atom. The van der Waals surface area contributed by atoms with Crippen LogP contribution in [-0.2, 0) is 0 Å². The summed E-state index contributed by atoms with van der Waals surface area (Å²) >= 11 is 1.34. The summed E-state index contributed by atoms with van der Waals surface area (Å²) < 4.78 is 0. The van der Waals surface area contributed by atoms with Crippen molar-refractivity contribution in [3.05, 3.63) is 58.9 Å². The second-order valence-corrected chi connectivity index (χ2v) is 9.43. The van der Waals surface area contributed by atoms with Crippen molar-refractivity contribution in [1.82, 2.24) is 9.88 Å². The standard InChI is InChI=1S/C26H27N5O2S/c1-2-25-27-24(18-34-25)28-26(33)30-14-12-29(13-15-30)21-8-6-19(7-9-21)20-4-3-5-22(16-20)31-11-10-23(32)17-31/h1,3-9,16,18,23,32H,10-15,17H2,(H,28,33)/t23-/m0/s1. The lowest BCUT2D eigenvalue weighted by atomic mass is 10.0. The van der Waals surface area contributed by atoms with Crippen molar-refractivity contribution in [3.63, 3.8) is 0 Å². The van der Waals surface area contributed by atoms with Crippen LogP contribution in [-0.4, -0.2) is 66.4 Å². The molecule has 2 aromatic carbocycles. The van der Waals surface area contributed by atoms with Gasteiger partial charge in [-0.15, -0.1) is 17.8 Å². The predicted molar refractivity (Wildman–Crippen MR) is 138 cm³/mol. The van der Waals surface area contributed by atoms with E-state index >= 15 is 0 Å². The lowest BCUT2D eigenvalue weighted by Crippen LogP contribution is -2.50. The zero-order valence-electron chi connectivity index (χ0n) is 18.9. The highest BCUT2D eigenvalue weighted by molar-refractivity contribution is 7.10. The Kier molecular flexibility index (Phi) is 6.39. The third kappa shape index (κ3) is 4.86. The molecule has 174 valence electrons. The average molecular weight is 474 g/mol. The first kappa shape index (κ1) is 22.3. The summed E-state index contributed by atoms with van der Waals surface area (Å²) in [5.74, 6) is 2.99. The molecule has 0 spiro atoms. The number of nitrogens with one attached hydrogen (secondary N) is 1. The third-order valence-electron chi connectivity index (χ3n) is 6.37. The number of benzene rings is 2. The van der Waals surface area contributed by atoms with Crippen molar-refractivity contribution >= 4 is 34.6 Å². The molecule has 1 atom stereocenters. The van der Waals surface area contributed by atoms with Crippen LogP contribution in [0, 0.1) is 12.3 Å². The second kappa shape index (κ2) is 9.75. The molecular weight excluding hydrogens is 446 g/mol. The van der Waals surface area contributed by atoms with E-state index in [2.05, 4.69) is 74.6 Å². The SMILES string of the molecule is C#Cc1nc(NC(=O)N2CCN(c3ccc(-c4cccc(N5CC[C@H](O)C5)c4)cc3)CC2)cs1. The summed E-state index contributed by atoms with van der Waals surface area (Å²) in [4.78, 5) is 23.1. The van der Waals surface area contributed by atoms with Crippen LogP contribution in [0.15, 0.2) is 53.9 Å². The van der Waals surface area contributed by atoms with Crippen molar-refractivity contribution in [3.8, 4) is 23.5 Å². The molecule has 0 bridgehead atoms. The fourth-order valence-electron chi connectivity index (χ4n) is 4.48. The molecule has 3 heterocycles. The number of aromatic nitrogens is 1. The van der Waals surface area contributed by atoms with E-state index in [1.807, 2.05) is 0 Å². The van der Waals surface area contributed by atoms with E-state index in [0.717, 1.165) is 43.0 Å². The van der Waals surface area contributed by atoms with Crippen molar-refractivity contribution in [1.29, 1.82) is 0 Å². The first-order valence-electron chi connectivity index (χ1n) is 11.5. The Morgan fingerprint density at radius 1 is 1.03 bits per heavy atom. The van der Waals surface area contributed by atoms with E-state index in [4.69, 9.17) is 6.42 Å². The van der Waals surface area contributed by atoms with Crippen LogP contribution >= 0.6 is 11.3 Å². The average Bonchev–Trinajstić information content (AvgIpc) is 3.53. The van der Waals surface area contributed by atoms with Crippen molar-refractivity contribution in [2.45, 2.75) is 12.5 Å². The molecule has 8 heteroatoms. The van der Waals surface area contributed by atoms with Crippen LogP contribution in [0.5, 0.6) is 0 Å². The van der Waals surface area contributed by atoms with E-state index in [0.29, 0.717) is 30.5 Å². The predicted octanol–water partition coefficient (Wildman–Crippen LogP) is 3.72. The van der Waals surface area contributed by atoms with Gasteiger partial charge in [0.05, 0.1) is 6.10 Å². The minimum Gasteiger partial charge on any atom is -0.391 e. The number of carbonyl (C=O) groups excluding carboxylic acids is 1. The van der Waals surface area contributed by atoms with E-state index in [1.54, 1.807) is 10.3 Å². The van der Waals surface area contributed by atoms with Crippen LogP contribution in [0.25, 0.3) is 11.1 Å². The first-order chi connectivity index (χ1) is 16.6. The second-order valence-electron chi connectivity index (χ2n) is 8.57. The number of hydrogen-bond acceptors (Lipinski definition) is 6. The number of anilines is 3. The summed E-state index contributed by atoms with van der Waals surface area (Å²) in [5.41, 5.74) is 4.64. The van der Waals surface area contributed by atoms with Crippen LogP contribution in [0.2, 0.25) is 0 Å². The van der Waals surface area contributed by atoms with Crippen molar-refractivity contribution in [2.75, 3.05) is 54.4 Å². The Balaban J connectivity index is 1.18. The third-order valence-corrected chi connectivity index (χ3v) is 7.14. The van der Waals surface area contributed by atoms with Crippen molar-refractivity contribution < 1.29 is 9.90 Å².